The fraction of sp³-hybridized carbons (Fsp3) is 0.0769. The summed E-state index contributed by atoms with van der Waals surface area (Å²) >= 11 is 0. The van der Waals surface area contributed by atoms with E-state index in [0.717, 1.165) is 5.56 Å². The van der Waals surface area contributed by atoms with Crippen LogP contribution in [0.25, 0.3) is 5.57 Å². The Morgan fingerprint density at radius 3 is 2.40 bits per heavy atom. The fourth-order valence-electron chi connectivity index (χ4n) is 1.55. The van der Waals surface area contributed by atoms with Crippen LogP contribution < -0.4 is 0 Å². The lowest BCUT2D eigenvalue weighted by Crippen LogP contribution is -2.15. The van der Waals surface area contributed by atoms with Crippen molar-refractivity contribution in [2.75, 3.05) is 0 Å². The van der Waals surface area contributed by atoms with Crippen molar-refractivity contribution >= 4 is 5.57 Å². The maximum absolute atomic E-state index is 9.78. The van der Waals surface area contributed by atoms with E-state index in [1.165, 1.54) is 0 Å². The van der Waals surface area contributed by atoms with Crippen LogP contribution in [0.4, 0.5) is 0 Å². The number of aliphatic hydroxyl groups excluding tert-OH is 2. The first-order valence-corrected chi connectivity index (χ1v) is 4.73. The van der Waals surface area contributed by atoms with Crippen LogP contribution in [0.5, 0.6) is 0 Å². The quantitative estimate of drug-likeness (QED) is 0.731. The van der Waals surface area contributed by atoms with Gasteiger partial charge in [0, 0.05) is 5.57 Å². The second-order valence-electron chi connectivity index (χ2n) is 3.48. The first kappa shape index (κ1) is 9.74. The molecule has 1 unspecified atom stereocenters. The summed E-state index contributed by atoms with van der Waals surface area (Å²) in [6.07, 6.45) is 2.50. The van der Waals surface area contributed by atoms with E-state index in [1.807, 2.05) is 30.3 Å². The van der Waals surface area contributed by atoms with Gasteiger partial charge in [0.15, 0.2) is 0 Å². The van der Waals surface area contributed by atoms with Gasteiger partial charge in [0.25, 0.3) is 0 Å². The van der Waals surface area contributed by atoms with Crippen LogP contribution in [0.3, 0.4) is 0 Å². The van der Waals surface area contributed by atoms with Gasteiger partial charge in [-0.1, -0.05) is 49.1 Å². The summed E-state index contributed by atoms with van der Waals surface area (Å²) in [5, 5.41) is 19.4. The first-order valence-electron chi connectivity index (χ1n) is 4.73. The van der Waals surface area contributed by atoms with Gasteiger partial charge in [0.05, 0.1) is 0 Å². The van der Waals surface area contributed by atoms with E-state index in [4.69, 9.17) is 0 Å². The Balaban J connectivity index is 2.47. The summed E-state index contributed by atoms with van der Waals surface area (Å²) < 4.78 is 0. The van der Waals surface area contributed by atoms with Crippen molar-refractivity contribution in [2.45, 2.75) is 6.10 Å². The minimum atomic E-state index is -0.981. The number of allylic oxidation sites excluding steroid dienone is 2. The Morgan fingerprint density at radius 1 is 1.07 bits per heavy atom. The third kappa shape index (κ3) is 1.72. The van der Waals surface area contributed by atoms with E-state index in [1.54, 1.807) is 12.2 Å². The highest BCUT2D eigenvalue weighted by molar-refractivity contribution is 5.78. The monoisotopic (exact) mass is 200 g/mol. The number of rotatable bonds is 1. The number of aliphatic hydroxyl groups is 2. The molecule has 0 fully saturated rings. The summed E-state index contributed by atoms with van der Waals surface area (Å²) in [5.41, 5.74) is 2.04. The molecular weight excluding hydrogens is 188 g/mol. The Hall–Kier alpha value is -1.80. The molecule has 76 valence electrons. The highest BCUT2D eigenvalue weighted by atomic mass is 16.3. The van der Waals surface area contributed by atoms with E-state index < -0.39 is 6.10 Å². The zero-order chi connectivity index (χ0) is 10.8. The molecular formula is C13H12O2. The van der Waals surface area contributed by atoms with Gasteiger partial charge in [0.1, 0.15) is 11.9 Å². The van der Waals surface area contributed by atoms with Gasteiger partial charge in [-0.25, -0.2) is 0 Å². The summed E-state index contributed by atoms with van der Waals surface area (Å²) in [6.45, 7) is 3.64. The van der Waals surface area contributed by atoms with Crippen molar-refractivity contribution < 1.29 is 10.2 Å². The second-order valence-corrected chi connectivity index (χ2v) is 3.48. The zero-order valence-electron chi connectivity index (χ0n) is 8.22. The maximum Gasteiger partial charge on any atom is 0.136 e. The Kier molecular flexibility index (Phi) is 2.44. The molecule has 0 aromatic heterocycles. The minimum Gasteiger partial charge on any atom is -0.509 e. The van der Waals surface area contributed by atoms with Gasteiger partial charge in [-0.05, 0) is 11.1 Å². The molecule has 0 aliphatic heterocycles. The SMILES string of the molecule is C=C1C=CC(c2ccccc2)=C(O)C1O. The van der Waals surface area contributed by atoms with Crippen molar-refractivity contribution in [2.24, 2.45) is 0 Å². The normalized spacial score (nSPS) is 20.9. The molecule has 0 amide bonds. The Morgan fingerprint density at radius 2 is 1.73 bits per heavy atom. The lowest BCUT2D eigenvalue weighted by molar-refractivity contribution is 0.187. The molecule has 0 saturated carbocycles. The Bertz CT molecular complexity index is 441. The molecule has 0 bridgehead atoms. The van der Waals surface area contributed by atoms with Crippen molar-refractivity contribution in [1.82, 2.24) is 0 Å². The second kappa shape index (κ2) is 3.75. The summed E-state index contributed by atoms with van der Waals surface area (Å²) in [7, 11) is 0. The molecule has 1 aromatic carbocycles. The molecule has 0 heterocycles. The molecule has 1 aromatic rings. The van der Waals surface area contributed by atoms with Crippen LogP contribution in [0.15, 0.2) is 60.4 Å². The summed E-state index contributed by atoms with van der Waals surface area (Å²) in [4.78, 5) is 0. The van der Waals surface area contributed by atoms with Crippen LogP contribution in [0, 0.1) is 0 Å². The van der Waals surface area contributed by atoms with E-state index in [9.17, 15) is 10.2 Å². The van der Waals surface area contributed by atoms with Crippen LogP contribution in [-0.2, 0) is 0 Å². The van der Waals surface area contributed by atoms with Crippen molar-refractivity contribution in [1.29, 1.82) is 0 Å². The molecule has 2 rings (SSSR count). The largest absolute Gasteiger partial charge is 0.509 e. The lowest BCUT2D eigenvalue weighted by Gasteiger charge is -2.18. The fourth-order valence-corrected chi connectivity index (χ4v) is 1.55. The van der Waals surface area contributed by atoms with E-state index in [0.29, 0.717) is 11.1 Å². The van der Waals surface area contributed by atoms with Crippen LogP contribution >= 0.6 is 0 Å². The van der Waals surface area contributed by atoms with Crippen molar-refractivity contribution in [3.8, 4) is 0 Å². The molecule has 1 atom stereocenters. The smallest absolute Gasteiger partial charge is 0.136 e. The third-order valence-corrected chi connectivity index (χ3v) is 2.44. The van der Waals surface area contributed by atoms with Crippen LogP contribution in [-0.4, -0.2) is 16.3 Å². The summed E-state index contributed by atoms with van der Waals surface area (Å²) in [6, 6.07) is 9.45. The van der Waals surface area contributed by atoms with Gasteiger partial charge < -0.3 is 10.2 Å². The van der Waals surface area contributed by atoms with Crippen molar-refractivity contribution in [3.05, 3.63) is 66.0 Å². The number of hydrogen-bond donors (Lipinski definition) is 2. The molecule has 15 heavy (non-hydrogen) atoms. The third-order valence-electron chi connectivity index (χ3n) is 2.44. The molecule has 0 radical (unpaired) electrons. The minimum absolute atomic E-state index is 0.0336. The molecule has 2 nitrogen and oxygen atoms in total. The van der Waals surface area contributed by atoms with Gasteiger partial charge in [-0.3, -0.25) is 0 Å². The summed E-state index contributed by atoms with van der Waals surface area (Å²) in [5.74, 6) is -0.0336. The van der Waals surface area contributed by atoms with Crippen LogP contribution in [0.2, 0.25) is 0 Å². The average Bonchev–Trinajstić information content (AvgIpc) is 2.27. The van der Waals surface area contributed by atoms with Gasteiger partial charge in [0.2, 0.25) is 0 Å². The first-order chi connectivity index (χ1) is 7.20. The number of hydrogen-bond acceptors (Lipinski definition) is 2. The van der Waals surface area contributed by atoms with E-state index in [-0.39, 0.29) is 5.76 Å². The lowest BCUT2D eigenvalue weighted by atomic mass is 9.94. The van der Waals surface area contributed by atoms with E-state index in [2.05, 4.69) is 6.58 Å². The highest BCUT2D eigenvalue weighted by Crippen LogP contribution is 2.27. The molecule has 2 N–H and O–H groups in total. The topological polar surface area (TPSA) is 40.5 Å². The standard InChI is InChI=1S/C13H12O2/c1-9-7-8-11(13(15)12(9)14)10-5-3-2-4-6-10/h2-8,12,14-15H,1H2. The van der Waals surface area contributed by atoms with Crippen molar-refractivity contribution in [3.63, 3.8) is 0 Å². The molecule has 1 aliphatic carbocycles. The van der Waals surface area contributed by atoms with Gasteiger partial charge >= 0.3 is 0 Å². The predicted octanol–water partition coefficient (Wildman–Crippen LogP) is 2.44. The molecule has 1 aliphatic rings. The van der Waals surface area contributed by atoms with E-state index >= 15 is 0 Å². The molecule has 2 heteroatoms. The molecule has 0 saturated heterocycles. The zero-order valence-corrected chi connectivity index (χ0v) is 8.22. The maximum atomic E-state index is 9.78. The van der Waals surface area contributed by atoms with Gasteiger partial charge in [-0.15, -0.1) is 0 Å². The van der Waals surface area contributed by atoms with Crippen LogP contribution in [0.1, 0.15) is 5.56 Å². The predicted molar refractivity (Wildman–Crippen MR) is 60.3 cm³/mol. The number of benzene rings is 1. The van der Waals surface area contributed by atoms with Gasteiger partial charge in [-0.2, -0.15) is 0 Å². The Labute approximate surface area is 88.5 Å². The molecule has 0 spiro atoms. The average molecular weight is 200 g/mol. The highest BCUT2D eigenvalue weighted by Gasteiger charge is 2.20.